The van der Waals surface area contributed by atoms with Gasteiger partial charge in [0.05, 0.1) is 49.1 Å². The largest absolute Gasteiger partial charge is 0.394 e. The number of aliphatic hydroxyl groups excluding tert-OH is 1. The number of dihydropyridines is 1. The molecular weight excluding hydrogens is 408 g/mol. The summed E-state index contributed by atoms with van der Waals surface area (Å²) in [6.07, 6.45) is 8.16. The Bertz CT molecular complexity index is 1080. The van der Waals surface area contributed by atoms with Crippen LogP contribution in [0, 0.1) is 5.92 Å². The van der Waals surface area contributed by atoms with Crippen LogP contribution < -0.4 is 5.32 Å². The second-order valence-corrected chi connectivity index (χ2v) is 8.62. The maximum absolute atomic E-state index is 13.2. The zero-order valence-electron chi connectivity index (χ0n) is 18.6. The smallest absolute Gasteiger partial charge is 0.254 e. The minimum Gasteiger partial charge on any atom is -0.394 e. The molecule has 1 aliphatic heterocycles. The van der Waals surface area contributed by atoms with Crippen molar-refractivity contribution in [2.45, 2.75) is 52.2 Å². The number of carbonyl (C=O) groups excluding carboxylic acids is 2. The van der Waals surface area contributed by atoms with Crippen LogP contribution in [0.1, 0.15) is 61.5 Å². The molecule has 1 aromatic heterocycles. The molecule has 4 rings (SSSR count). The van der Waals surface area contributed by atoms with E-state index in [4.69, 9.17) is 9.84 Å². The highest BCUT2D eigenvalue weighted by molar-refractivity contribution is 6.08. The number of amides is 2. The summed E-state index contributed by atoms with van der Waals surface area (Å²) in [6.45, 7) is 4.34. The first-order valence-corrected chi connectivity index (χ1v) is 11.2. The monoisotopic (exact) mass is 438 g/mol. The molecule has 1 aliphatic carbocycles. The Balaban J connectivity index is 1.60. The van der Waals surface area contributed by atoms with E-state index >= 15 is 0 Å². The first-order chi connectivity index (χ1) is 15.5. The number of benzene rings is 1. The fraction of sp³-hybridized carbons (Fsp3) is 0.500. The fourth-order valence-corrected chi connectivity index (χ4v) is 4.62. The van der Waals surface area contributed by atoms with Gasteiger partial charge < -0.3 is 15.2 Å². The minimum absolute atomic E-state index is 0.0557. The Morgan fingerprint density at radius 1 is 1.28 bits per heavy atom. The number of hydrogen-bond acceptors (Lipinski definition) is 5. The fourth-order valence-electron chi connectivity index (χ4n) is 4.62. The number of aliphatic imine (C=N–C) groups is 1. The molecule has 8 heteroatoms. The normalized spacial score (nSPS) is 19.3. The number of fused-ring (bicyclic) bond motifs is 1. The van der Waals surface area contributed by atoms with Crippen molar-refractivity contribution in [3.63, 3.8) is 0 Å². The van der Waals surface area contributed by atoms with Crippen molar-refractivity contribution in [3.8, 4) is 0 Å². The van der Waals surface area contributed by atoms with E-state index in [1.54, 1.807) is 13.1 Å². The molecule has 2 aliphatic rings. The van der Waals surface area contributed by atoms with Crippen molar-refractivity contribution in [1.82, 2.24) is 15.1 Å². The van der Waals surface area contributed by atoms with E-state index in [0.29, 0.717) is 23.9 Å². The van der Waals surface area contributed by atoms with Crippen LogP contribution >= 0.6 is 0 Å². The number of nitrogens with zero attached hydrogens (tertiary/aromatic N) is 3. The van der Waals surface area contributed by atoms with Gasteiger partial charge in [-0.1, -0.05) is 18.4 Å². The average Bonchev–Trinajstić information content (AvgIpc) is 3.42. The average molecular weight is 439 g/mol. The van der Waals surface area contributed by atoms with Crippen molar-refractivity contribution in [1.29, 1.82) is 0 Å². The van der Waals surface area contributed by atoms with Crippen LogP contribution in [0.15, 0.2) is 35.0 Å². The van der Waals surface area contributed by atoms with Gasteiger partial charge in [-0.2, -0.15) is 5.10 Å². The molecule has 0 radical (unpaired) electrons. The minimum atomic E-state index is -0.449. The van der Waals surface area contributed by atoms with E-state index in [-0.39, 0.29) is 31.6 Å². The maximum Gasteiger partial charge on any atom is 0.254 e. The van der Waals surface area contributed by atoms with Gasteiger partial charge in [0.25, 0.3) is 11.8 Å². The Labute approximate surface area is 187 Å². The molecule has 0 spiro atoms. The highest BCUT2D eigenvalue weighted by Crippen LogP contribution is 2.33. The zero-order chi connectivity index (χ0) is 22.7. The molecule has 2 amide bonds. The Morgan fingerprint density at radius 3 is 2.78 bits per heavy atom. The summed E-state index contributed by atoms with van der Waals surface area (Å²) in [4.78, 5) is 29.5. The molecule has 1 aromatic carbocycles. The number of carbonyl (C=O) groups is 2. The van der Waals surface area contributed by atoms with Gasteiger partial charge in [0.1, 0.15) is 0 Å². The highest BCUT2D eigenvalue weighted by atomic mass is 16.5. The first-order valence-electron chi connectivity index (χ1n) is 11.2. The van der Waals surface area contributed by atoms with E-state index in [1.165, 1.54) is 12.8 Å². The topological polar surface area (TPSA) is 106 Å². The molecule has 32 heavy (non-hydrogen) atoms. The Hall–Kier alpha value is -2.84. The first kappa shape index (κ1) is 22.4. The quantitative estimate of drug-likeness (QED) is 0.617. The number of aliphatic hydroxyl groups is 1. The molecule has 170 valence electrons. The lowest BCUT2D eigenvalue weighted by Crippen LogP contribution is -2.34. The van der Waals surface area contributed by atoms with E-state index < -0.39 is 5.92 Å². The van der Waals surface area contributed by atoms with E-state index in [0.717, 1.165) is 34.9 Å². The molecular formula is C24H30N4O4. The van der Waals surface area contributed by atoms with Crippen LogP contribution in [0.25, 0.3) is 10.9 Å². The summed E-state index contributed by atoms with van der Waals surface area (Å²) < 4.78 is 7.54. The Kier molecular flexibility index (Phi) is 6.81. The van der Waals surface area contributed by atoms with Crippen LogP contribution in [0.5, 0.6) is 0 Å². The van der Waals surface area contributed by atoms with E-state index in [1.807, 2.05) is 29.8 Å². The highest BCUT2D eigenvalue weighted by Gasteiger charge is 2.26. The molecule has 2 heterocycles. The Morgan fingerprint density at radius 2 is 2.06 bits per heavy atom. The summed E-state index contributed by atoms with van der Waals surface area (Å²) in [5.41, 5.74) is 3.86. The van der Waals surface area contributed by atoms with Crippen molar-refractivity contribution in [2.75, 3.05) is 19.8 Å². The molecule has 0 saturated heterocycles. The molecule has 1 unspecified atom stereocenters. The third-order valence-corrected chi connectivity index (χ3v) is 6.23. The van der Waals surface area contributed by atoms with Gasteiger partial charge in [-0.15, -0.1) is 0 Å². The van der Waals surface area contributed by atoms with Crippen LogP contribution in [-0.2, 0) is 16.1 Å². The summed E-state index contributed by atoms with van der Waals surface area (Å²) in [5.74, 6) is -0.930. The molecule has 1 fully saturated rings. The van der Waals surface area contributed by atoms with Gasteiger partial charge in [-0.05, 0) is 50.5 Å². The molecule has 0 bridgehead atoms. The lowest BCUT2D eigenvalue weighted by atomic mass is 9.95. The second-order valence-electron chi connectivity index (χ2n) is 8.62. The molecule has 2 aromatic rings. The van der Waals surface area contributed by atoms with Crippen LogP contribution in [-0.4, -0.2) is 52.2 Å². The lowest BCUT2D eigenvalue weighted by Gasteiger charge is -2.19. The summed E-state index contributed by atoms with van der Waals surface area (Å²) in [5, 5.41) is 17.3. The van der Waals surface area contributed by atoms with Crippen LogP contribution in [0.3, 0.4) is 0 Å². The van der Waals surface area contributed by atoms with Crippen molar-refractivity contribution >= 4 is 28.4 Å². The number of allylic oxidation sites excluding steroid dienone is 1. The molecule has 1 saturated carbocycles. The molecule has 1 atom stereocenters. The third-order valence-electron chi connectivity index (χ3n) is 6.23. The van der Waals surface area contributed by atoms with E-state index in [2.05, 4.69) is 15.4 Å². The van der Waals surface area contributed by atoms with Crippen molar-refractivity contribution in [2.24, 2.45) is 10.9 Å². The second kappa shape index (κ2) is 9.75. The van der Waals surface area contributed by atoms with Gasteiger partial charge in [0.15, 0.2) is 0 Å². The molecule has 8 nitrogen and oxygen atoms in total. The third kappa shape index (κ3) is 4.66. The standard InChI is InChI=1S/C24H30N4O4/c1-15-9-16(2)27-24(31)20(15)12-25-23(30)19-10-17(14-32-8-7-29)11-22-21(19)13-26-28(22)18-5-3-4-6-18/h9-11,13,18,20,29H,3-8,12,14H2,1-2H3,(H,25,30). The zero-order valence-corrected chi connectivity index (χ0v) is 18.6. The molecule has 2 N–H and O–H groups in total. The van der Waals surface area contributed by atoms with Crippen molar-refractivity contribution in [3.05, 3.63) is 41.1 Å². The van der Waals surface area contributed by atoms with Gasteiger partial charge >= 0.3 is 0 Å². The predicted molar refractivity (Wildman–Crippen MR) is 122 cm³/mol. The number of aromatic nitrogens is 2. The van der Waals surface area contributed by atoms with Gasteiger partial charge in [-0.25, -0.2) is 4.99 Å². The number of hydrogen-bond donors (Lipinski definition) is 2. The van der Waals surface area contributed by atoms with Gasteiger partial charge in [0.2, 0.25) is 0 Å². The summed E-state index contributed by atoms with van der Waals surface area (Å²) in [6, 6.07) is 4.17. The number of ether oxygens (including phenoxy) is 1. The predicted octanol–water partition coefficient (Wildman–Crippen LogP) is 2.95. The van der Waals surface area contributed by atoms with Gasteiger partial charge in [-0.3, -0.25) is 14.3 Å². The van der Waals surface area contributed by atoms with Crippen molar-refractivity contribution < 1.29 is 19.4 Å². The lowest BCUT2D eigenvalue weighted by molar-refractivity contribution is -0.120. The summed E-state index contributed by atoms with van der Waals surface area (Å²) >= 11 is 0. The number of rotatable bonds is 8. The summed E-state index contributed by atoms with van der Waals surface area (Å²) in [7, 11) is 0. The maximum atomic E-state index is 13.2. The SMILES string of the molecule is CC1=CC(C)=NC(=O)C1CNC(=O)c1cc(COCCO)cc2c1cnn2C1CCCC1. The van der Waals surface area contributed by atoms with Crippen LogP contribution in [0.4, 0.5) is 0 Å². The van der Waals surface area contributed by atoms with Crippen LogP contribution in [0.2, 0.25) is 0 Å². The van der Waals surface area contributed by atoms with Gasteiger partial charge in [0, 0.05) is 17.6 Å². The van der Waals surface area contributed by atoms with E-state index in [9.17, 15) is 9.59 Å². The number of nitrogens with one attached hydrogen (secondary N) is 1.